The molecule has 3 aromatic rings. The maximum atomic E-state index is 13.1. The number of furan rings is 1. The molecular weight excluding hydrogens is 422 g/mol. The summed E-state index contributed by atoms with van der Waals surface area (Å²) in [6.07, 6.45) is 2.30. The first-order valence-corrected chi connectivity index (χ1v) is 10.9. The van der Waals surface area contributed by atoms with Crippen LogP contribution in [0.25, 0.3) is 5.76 Å². The largest absolute Gasteiger partial charge is 0.507 e. The van der Waals surface area contributed by atoms with E-state index in [1.165, 1.54) is 11.2 Å². The number of aliphatic hydroxyl groups excluding tert-OH is 1. The molecule has 1 aromatic heterocycles. The lowest BCUT2D eigenvalue weighted by atomic mass is 9.99. The first-order valence-electron chi connectivity index (χ1n) is 10.9. The number of amides is 1. The number of benzene rings is 2. The number of carbonyl (C=O) groups is 2. The monoisotopic (exact) mass is 447 g/mol. The van der Waals surface area contributed by atoms with Gasteiger partial charge in [0.1, 0.15) is 29.1 Å². The van der Waals surface area contributed by atoms with Crippen LogP contribution in [0.15, 0.2) is 76.9 Å². The molecule has 170 valence electrons. The van der Waals surface area contributed by atoms with Gasteiger partial charge in [0.25, 0.3) is 11.7 Å². The number of carbonyl (C=O) groups excluding carboxylic acids is 2. The molecule has 0 saturated carbocycles. The van der Waals surface area contributed by atoms with Crippen molar-refractivity contribution in [3.8, 4) is 11.5 Å². The van der Waals surface area contributed by atoms with Gasteiger partial charge in [0.05, 0.1) is 25.1 Å². The van der Waals surface area contributed by atoms with Gasteiger partial charge in [-0.25, -0.2) is 0 Å². The molecule has 2 heterocycles. The maximum absolute atomic E-state index is 13.1. The molecule has 1 saturated heterocycles. The van der Waals surface area contributed by atoms with Crippen LogP contribution in [0, 0.1) is 0 Å². The lowest BCUT2D eigenvalue weighted by molar-refractivity contribution is -0.132. The molecule has 1 atom stereocenters. The number of anilines is 1. The maximum Gasteiger partial charge on any atom is 0.300 e. The number of nitrogens with zero attached hydrogens (tertiary/aromatic N) is 1. The quantitative estimate of drug-likeness (QED) is 0.294. The molecule has 1 aliphatic heterocycles. The van der Waals surface area contributed by atoms with Gasteiger partial charge in [-0.05, 0) is 61.9 Å². The van der Waals surface area contributed by atoms with E-state index in [0.717, 1.165) is 6.42 Å². The van der Waals surface area contributed by atoms with Gasteiger partial charge in [0.2, 0.25) is 0 Å². The number of aliphatic hydroxyl groups is 1. The highest BCUT2D eigenvalue weighted by atomic mass is 16.5. The summed E-state index contributed by atoms with van der Waals surface area (Å²) in [5, 5.41) is 11.2. The fraction of sp³-hybridized carbons (Fsp3) is 0.231. The fourth-order valence-electron chi connectivity index (χ4n) is 3.79. The van der Waals surface area contributed by atoms with Crippen LogP contribution in [0.2, 0.25) is 0 Å². The summed E-state index contributed by atoms with van der Waals surface area (Å²) in [7, 11) is 0. The average Bonchev–Trinajstić information content (AvgIpc) is 3.45. The van der Waals surface area contributed by atoms with E-state index in [4.69, 9.17) is 13.9 Å². The van der Waals surface area contributed by atoms with Crippen LogP contribution in [0.5, 0.6) is 11.5 Å². The van der Waals surface area contributed by atoms with E-state index in [0.29, 0.717) is 41.7 Å². The molecule has 7 heteroatoms. The minimum atomic E-state index is -0.918. The number of ketones is 1. The van der Waals surface area contributed by atoms with Crippen LogP contribution >= 0.6 is 0 Å². The van der Waals surface area contributed by atoms with E-state index < -0.39 is 17.7 Å². The summed E-state index contributed by atoms with van der Waals surface area (Å²) in [6.45, 7) is 4.91. The van der Waals surface area contributed by atoms with Crippen molar-refractivity contribution >= 4 is 23.1 Å². The Morgan fingerprint density at radius 1 is 1.00 bits per heavy atom. The van der Waals surface area contributed by atoms with Gasteiger partial charge in [-0.2, -0.15) is 0 Å². The fourth-order valence-corrected chi connectivity index (χ4v) is 3.79. The molecule has 1 N–H and O–H groups in total. The Morgan fingerprint density at radius 3 is 2.45 bits per heavy atom. The molecule has 0 bridgehead atoms. The second-order valence-corrected chi connectivity index (χ2v) is 7.49. The number of ether oxygens (including phenoxy) is 2. The van der Waals surface area contributed by atoms with E-state index in [2.05, 4.69) is 0 Å². The Kier molecular flexibility index (Phi) is 6.49. The Balaban J connectivity index is 1.80. The molecule has 1 unspecified atom stereocenters. The minimum Gasteiger partial charge on any atom is -0.507 e. The van der Waals surface area contributed by atoms with Crippen molar-refractivity contribution in [2.24, 2.45) is 0 Å². The Bertz CT molecular complexity index is 1160. The zero-order valence-corrected chi connectivity index (χ0v) is 18.5. The van der Waals surface area contributed by atoms with Gasteiger partial charge in [-0.15, -0.1) is 0 Å². The van der Waals surface area contributed by atoms with Gasteiger partial charge >= 0.3 is 0 Å². The van der Waals surface area contributed by atoms with Crippen LogP contribution < -0.4 is 14.4 Å². The Labute approximate surface area is 191 Å². The van der Waals surface area contributed by atoms with Crippen LogP contribution in [-0.2, 0) is 9.59 Å². The SMILES string of the molecule is CCCOc1cccc(/C(O)=C2/C(=O)C(=O)N(c3ccc(OCC)cc3)C2c2ccco2)c1. The molecule has 1 amide bonds. The van der Waals surface area contributed by atoms with Crippen molar-refractivity contribution in [2.75, 3.05) is 18.1 Å². The Hall–Kier alpha value is -4.00. The summed E-state index contributed by atoms with van der Waals surface area (Å²) < 4.78 is 16.7. The summed E-state index contributed by atoms with van der Waals surface area (Å²) in [6, 6.07) is 16.1. The van der Waals surface area contributed by atoms with E-state index >= 15 is 0 Å². The second kappa shape index (κ2) is 9.65. The number of hydrogen-bond donors (Lipinski definition) is 1. The van der Waals surface area contributed by atoms with Crippen LogP contribution in [0.3, 0.4) is 0 Å². The highest BCUT2D eigenvalue weighted by Gasteiger charge is 2.48. The van der Waals surface area contributed by atoms with Gasteiger partial charge in [-0.3, -0.25) is 14.5 Å². The Morgan fingerprint density at radius 2 is 1.79 bits per heavy atom. The number of Topliss-reactive ketones (excluding diaryl/α,β-unsaturated/α-hetero) is 1. The van der Waals surface area contributed by atoms with Crippen molar-refractivity contribution in [1.29, 1.82) is 0 Å². The van der Waals surface area contributed by atoms with E-state index in [1.807, 2.05) is 13.8 Å². The third-order valence-electron chi connectivity index (χ3n) is 5.26. The molecule has 1 aliphatic rings. The van der Waals surface area contributed by atoms with Crippen molar-refractivity contribution in [3.63, 3.8) is 0 Å². The lowest BCUT2D eigenvalue weighted by Crippen LogP contribution is -2.29. The molecule has 0 spiro atoms. The first kappa shape index (κ1) is 22.2. The molecule has 2 aromatic carbocycles. The predicted molar refractivity (Wildman–Crippen MR) is 123 cm³/mol. The highest BCUT2D eigenvalue weighted by molar-refractivity contribution is 6.51. The van der Waals surface area contributed by atoms with E-state index in [9.17, 15) is 14.7 Å². The molecule has 33 heavy (non-hydrogen) atoms. The minimum absolute atomic E-state index is 0.0449. The second-order valence-electron chi connectivity index (χ2n) is 7.49. The predicted octanol–water partition coefficient (Wildman–Crippen LogP) is 5.09. The van der Waals surface area contributed by atoms with Gasteiger partial charge in [-0.1, -0.05) is 19.1 Å². The average molecular weight is 447 g/mol. The van der Waals surface area contributed by atoms with Crippen LogP contribution in [0.1, 0.15) is 37.6 Å². The summed E-state index contributed by atoms with van der Waals surface area (Å²) >= 11 is 0. The number of rotatable bonds is 8. The van der Waals surface area contributed by atoms with Gasteiger partial charge in [0, 0.05) is 11.3 Å². The van der Waals surface area contributed by atoms with Gasteiger partial charge in [0.15, 0.2) is 0 Å². The van der Waals surface area contributed by atoms with Crippen LogP contribution in [-0.4, -0.2) is 30.0 Å². The standard InChI is InChI=1S/C26H25NO6/c1-3-14-32-20-8-5-7-17(16-20)24(28)22-23(21-9-6-15-33-21)27(26(30)25(22)29)18-10-12-19(13-11-18)31-4-2/h5-13,15-16,23,28H,3-4,14H2,1-2H3/b24-22-. The lowest BCUT2D eigenvalue weighted by Gasteiger charge is -2.23. The zero-order valence-electron chi connectivity index (χ0n) is 18.5. The van der Waals surface area contributed by atoms with Crippen LogP contribution in [0.4, 0.5) is 5.69 Å². The topological polar surface area (TPSA) is 89.2 Å². The molecule has 0 aliphatic carbocycles. The zero-order chi connectivity index (χ0) is 23.4. The number of hydrogen-bond acceptors (Lipinski definition) is 6. The third-order valence-corrected chi connectivity index (χ3v) is 5.26. The summed E-state index contributed by atoms with van der Waals surface area (Å²) in [4.78, 5) is 27.6. The molecule has 7 nitrogen and oxygen atoms in total. The van der Waals surface area contributed by atoms with Crippen molar-refractivity contribution in [1.82, 2.24) is 0 Å². The first-order chi connectivity index (χ1) is 16.0. The third kappa shape index (κ3) is 4.35. The van der Waals surface area contributed by atoms with Gasteiger partial charge < -0.3 is 19.0 Å². The van der Waals surface area contributed by atoms with E-state index in [-0.39, 0.29) is 11.3 Å². The highest BCUT2D eigenvalue weighted by Crippen LogP contribution is 2.42. The van der Waals surface area contributed by atoms with Crippen molar-refractivity contribution in [2.45, 2.75) is 26.3 Å². The van der Waals surface area contributed by atoms with Crippen molar-refractivity contribution < 1.29 is 28.6 Å². The molecule has 4 rings (SSSR count). The van der Waals surface area contributed by atoms with Crippen molar-refractivity contribution in [3.05, 3.63) is 83.8 Å². The summed E-state index contributed by atoms with van der Waals surface area (Å²) in [5.74, 6) is -0.246. The molecular formula is C26H25NO6. The molecule has 1 fully saturated rings. The van der Waals surface area contributed by atoms with E-state index in [1.54, 1.807) is 60.7 Å². The normalized spacial score (nSPS) is 17.4. The smallest absolute Gasteiger partial charge is 0.300 e. The molecule has 0 radical (unpaired) electrons. The summed E-state index contributed by atoms with van der Waals surface area (Å²) in [5.41, 5.74) is 0.822.